The molecule has 1 saturated carbocycles. The summed E-state index contributed by atoms with van der Waals surface area (Å²) in [5, 5.41) is 4.15. The van der Waals surface area contributed by atoms with Crippen LogP contribution in [0.1, 0.15) is 23.4 Å². The van der Waals surface area contributed by atoms with Crippen LogP contribution in [0.3, 0.4) is 0 Å². The van der Waals surface area contributed by atoms with Crippen molar-refractivity contribution in [2.24, 2.45) is 16.9 Å². The average molecular weight is 216 g/mol. The third-order valence-corrected chi connectivity index (χ3v) is 3.21. The molecule has 4 nitrogen and oxygen atoms in total. The summed E-state index contributed by atoms with van der Waals surface area (Å²) < 4.78 is 4.97. The Hall–Kier alpha value is -1.84. The molecule has 82 valence electrons. The maximum absolute atomic E-state index is 11.5. The van der Waals surface area contributed by atoms with Crippen LogP contribution < -0.4 is 5.43 Å². The van der Waals surface area contributed by atoms with Crippen molar-refractivity contribution in [2.45, 2.75) is 12.8 Å². The van der Waals surface area contributed by atoms with Gasteiger partial charge in [-0.05, 0) is 30.9 Å². The number of amides is 1. The second kappa shape index (κ2) is 3.63. The molecule has 1 aromatic rings. The predicted octanol–water partition coefficient (Wildman–Crippen LogP) is 1.96. The molecule has 1 amide bonds. The Balaban J connectivity index is 1.61. The van der Waals surface area contributed by atoms with Crippen LogP contribution in [0.4, 0.5) is 0 Å². The number of hydrogen-bond donors (Lipinski definition) is 1. The Morgan fingerprint density at radius 2 is 2.50 bits per heavy atom. The standard InChI is InChI=1S/C12H12N2O2/c15-12(11-5-2-6-16-11)14-13-10-7-8-3-1-4-9(8)10/h1-3,5-6,8-9H,4,7H2,(H,14,15)/b13-10+/t8?,9-/m0/s1. The minimum atomic E-state index is -0.285. The van der Waals surface area contributed by atoms with E-state index >= 15 is 0 Å². The smallest absolute Gasteiger partial charge is 0.307 e. The van der Waals surface area contributed by atoms with Crippen molar-refractivity contribution in [1.29, 1.82) is 0 Å². The van der Waals surface area contributed by atoms with E-state index in [9.17, 15) is 4.79 Å². The maximum atomic E-state index is 11.5. The molecule has 0 aliphatic heterocycles. The van der Waals surface area contributed by atoms with Crippen LogP contribution in [-0.4, -0.2) is 11.6 Å². The summed E-state index contributed by atoms with van der Waals surface area (Å²) in [6.07, 6.45) is 7.92. The summed E-state index contributed by atoms with van der Waals surface area (Å²) in [5.41, 5.74) is 3.62. The molecule has 2 aliphatic carbocycles. The van der Waals surface area contributed by atoms with E-state index < -0.39 is 0 Å². The second-order valence-electron chi connectivity index (χ2n) is 4.16. The van der Waals surface area contributed by atoms with Gasteiger partial charge < -0.3 is 4.42 Å². The third kappa shape index (κ3) is 1.46. The molecule has 3 rings (SSSR count). The lowest BCUT2D eigenvalue weighted by Gasteiger charge is -2.31. The summed E-state index contributed by atoms with van der Waals surface area (Å²) in [4.78, 5) is 11.5. The first-order valence-electron chi connectivity index (χ1n) is 5.41. The van der Waals surface area contributed by atoms with E-state index in [4.69, 9.17) is 4.42 Å². The molecule has 0 spiro atoms. The average Bonchev–Trinajstić information content (AvgIpc) is 2.88. The van der Waals surface area contributed by atoms with Crippen molar-refractivity contribution in [3.8, 4) is 0 Å². The van der Waals surface area contributed by atoms with Crippen molar-refractivity contribution < 1.29 is 9.21 Å². The third-order valence-electron chi connectivity index (χ3n) is 3.21. The monoisotopic (exact) mass is 216 g/mol. The number of hydrazone groups is 1. The minimum absolute atomic E-state index is 0.285. The molecule has 0 radical (unpaired) electrons. The van der Waals surface area contributed by atoms with Crippen LogP contribution in [0.15, 0.2) is 40.1 Å². The van der Waals surface area contributed by atoms with E-state index in [1.165, 1.54) is 6.26 Å². The molecule has 0 bridgehead atoms. The Kier molecular flexibility index (Phi) is 2.13. The lowest BCUT2D eigenvalue weighted by atomic mass is 9.74. The molecule has 1 fully saturated rings. The molecular formula is C12H12N2O2. The van der Waals surface area contributed by atoms with Crippen LogP contribution in [0.2, 0.25) is 0 Å². The number of nitrogens with one attached hydrogen (secondary N) is 1. The summed E-state index contributed by atoms with van der Waals surface area (Å²) in [6, 6.07) is 3.30. The first-order valence-corrected chi connectivity index (χ1v) is 5.41. The molecule has 2 atom stereocenters. The Morgan fingerprint density at radius 3 is 3.25 bits per heavy atom. The molecule has 0 saturated heterocycles. The topological polar surface area (TPSA) is 54.6 Å². The number of carbonyl (C=O) groups is 1. The summed E-state index contributed by atoms with van der Waals surface area (Å²) in [6.45, 7) is 0. The van der Waals surface area contributed by atoms with E-state index in [1.807, 2.05) is 0 Å². The van der Waals surface area contributed by atoms with Crippen molar-refractivity contribution in [3.05, 3.63) is 36.3 Å². The Morgan fingerprint density at radius 1 is 1.56 bits per heavy atom. The van der Waals surface area contributed by atoms with Gasteiger partial charge in [-0.1, -0.05) is 12.2 Å². The second-order valence-corrected chi connectivity index (χ2v) is 4.16. The highest BCUT2D eigenvalue weighted by Crippen LogP contribution is 2.39. The molecule has 1 aromatic heterocycles. The van der Waals surface area contributed by atoms with Gasteiger partial charge in [0, 0.05) is 11.6 Å². The van der Waals surface area contributed by atoms with E-state index in [2.05, 4.69) is 22.7 Å². The van der Waals surface area contributed by atoms with Gasteiger partial charge in [0.05, 0.1) is 6.26 Å². The summed E-state index contributed by atoms with van der Waals surface area (Å²) in [7, 11) is 0. The van der Waals surface area contributed by atoms with Crippen LogP contribution in [0, 0.1) is 11.8 Å². The lowest BCUT2D eigenvalue weighted by molar-refractivity contribution is 0.0926. The largest absolute Gasteiger partial charge is 0.459 e. The zero-order valence-corrected chi connectivity index (χ0v) is 8.72. The molecule has 1 unspecified atom stereocenters. The quantitative estimate of drug-likeness (QED) is 0.607. The minimum Gasteiger partial charge on any atom is -0.459 e. The van der Waals surface area contributed by atoms with Gasteiger partial charge in [0.15, 0.2) is 5.76 Å². The van der Waals surface area contributed by atoms with Gasteiger partial charge in [0.2, 0.25) is 0 Å². The van der Waals surface area contributed by atoms with Gasteiger partial charge in [-0.25, -0.2) is 5.43 Å². The number of rotatable bonds is 2. The number of allylic oxidation sites excluding steroid dienone is 2. The van der Waals surface area contributed by atoms with Crippen LogP contribution >= 0.6 is 0 Å². The number of nitrogens with zero attached hydrogens (tertiary/aromatic N) is 1. The van der Waals surface area contributed by atoms with Gasteiger partial charge in [-0.3, -0.25) is 4.79 Å². The van der Waals surface area contributed by atoms with Gasteiger partial charge in [-0.15, -0.1) is 0 Å². The molecular weight excluding hydrogens is 204 g/mol. The first-order chi connectivity index (χ1) is 7.84. The number of hydrogen-bond acceptors (Lipinski definition) is 3. The number of carbonyl (C=O) groups excluding carboxylic acids is 1. The highest BCUT2D eigenvalue weighted by molar-refractivity contribution is 5.96. The molecule has 16 heavy (non-hydrogen) atoms. The predicted molar refractivity (Wildman–Crippen MR) is 59.0 cm³/mol. The van der Waals surface area contributed by atoms with Gasteiger partial charge >= 0.3 is 5.91 Å². The molecule has 1 heterocycles. The van der Waals surface area contributed by atoms with Crippen molar-refractivity contribution in [1.82, 2.24) is 5.43 Å². The normalized spacial score (nSPS) is 28.9. The molecule has 2 aliphatic rings. The Labute approximate surface area is 93.0 Å². The van der Waals surface area contributed by atoms with E-state index in [0.29, 0.717) is 17.6 Å². The Bertz CT molecular complexity index is 459. The fourth-order valence-electron chi connectivity index (χ4n) is 2.25. The SMILES string of the molecule is O=C(N/N=C1\CC2C=CC[C@H]12)c1ccco1. The van der Waals surface area contributed by atoms with E-state index in [-0.39, 0.29) is 5.91 Å². The molecule has 1 N–H and O–H groups in total. The molecule has 0 aromatic carbocycles. The van der Waals surface area contributed by atoms with Crippen LogP contribution in [0.5, 0.6) is 0 Å². The van der Waals surface area contributed by atoms with E-state index in [1.54, 1.807) is 12.1 Å². The highest BCUT2D eigenvalue weighted by Gasteiger charge is 2.38. The van der Waals surface area contributed by atoms with Crippen molar-refractivity contribution >= 4 is 11.6 Å². The number of furan rings is 1. The van der Waals surface area contributed by atoms with Gasteiger partial charge in [-0.2, -0.15) is 5.10 Å². The van der Waals surface area contributed by atoms with E-state index in [0.717, 1.165) is 18.6 Å². The van der Waals surface area contributed by atoms with Crippen LogP contribution in [-0.2, 0) is 0 Å². The fraction of sp³-hybridized carbons (Fsp3) is 0.333. The van der Waals surface area contributed by atoms with Crippen LogP contribution in [0.25, 0.3) is 0 Å². The maximum Gasteiger partial charge on any atom is 0.307 e. The first kappa shape index (κ1) is 9.39. The lowest BCUT2D eigenvalue weighted by Crippen LogP contribution is -2.35. The van der Waals surface area contributed by atoms with Crippen molar-refractivity contribution in [3.63, 3.8) is 0 Å². The zero-order chi connectivity index (χ0) is 11.0. The summed E-state index contributed by atoms with van der Waals surface area (Å²) in [5.74, 6) is 1.19. The number of fused-ring (bicyclic) bond motifs is 1. The molecule has 4 heteroatoms. The van der Waals surface area contributed by atoms with Crippen molar-refractivity contribution in [2.75, 3.05) is 0 Å². The zero-order valence-electron chi connectivity index (χ0n) is 8.72. The van der Waals surface area contributed by atoms with Gasteiger partial charge in [0.1, 0.15) is 0 Å². The fourth-order valence-corrected chi connectivity index (χ4v) is 2.25. The summed E-state index contributed by atoms with van der Waals surface area (Å²) >= 11 is 0. The van der Waals surface area contributed by atoms with Gasteiger partial charge in [0.25, 0.3) is 0 Å². The highest BCUT2D eigenvalue weighted by atomic mass is 16.3.